The first-order chi connectivity index (χ1) is 28.3. The predicted molar refractivity (Wildman–Crippen MR) is 250 cm³/mol. The Balaban J connectivity index is 1.24. The molecule has 2 heterocycles. The minimum Gasteiger partial charge on any atom is -0.309 e. The van der Waals surface area contributed by atoms with Gasteiger partial charge in [0.1, 0.15) is 0 Å². The Labute approximate surface area is 337 Å². The molecule has 0 aliphatic carbocycles. The van der Waals surface area contributed by atoms with Crippen LogP contribution < -0.4 is 4.90 Å². The molecule has 0 radical (unpaired) electrons. The molecule has 10 aromatic carbocycles. The summed E-state index contributed by atoms with van der Waals surface area (Å²) in [5.41, 5.74) is 8.31. The van der Waals surface area contributed by atoms with Crippen LogP contribution in [0, 0.1) is 0 Å². The van der Waals surface area contributed by atoms with Gasteiger partial charge in [0.2, 0.25) is 0 Å². The molecule has 0 bridgehead atoms. The van der Waals surface area contributed by atoms with Gasteiger partial charge >= 0.3 is 0 Å². The average Bonchev–Trinajstić information content (AvgIpc) is 3.85. The average molecular weight is 760 g/mol. The Kier molecular flexibility index (Phi) is 7.34. The molecule has 3 heteroatoms. The number of nitrogens with zero attached hydrogens (tertiary/aromatic N) is 1. The molecule has 0 atom stereocenters. The minimum atomic E-state index is 1.13. The van der Waals surface area contributed by atoms with Crippen LogP contribution in [0.15, 0.2) is 200 Å². The van der Waals surface area contributed by atoms with Gasteiger partial charge in [-0.1, -0.05) is 158 Å². The van der Waals surface area contributed by atoms with Crippen molar-refractivity contribution < 1.29 is 0 Å². The summed E-state index contributed by atoms with van der Waals surface area (Å²) in [5.74, 6) is 0. The Bertz CT molecular complexity index is 3550. The molecule has 2 aromatic heterocycles. The molecular formula is C54H33NS2. The third kappa shape index (κ3) is 5.06. The van der Waals surface area contributed by atoms with E-state index in [2.05, 4.69) is 205 Å². The van der Waals surface area contributed by atoms with E-state index in [1.54, 1.807) is 0 Å². The van der Waals surface area contributed by atoms with E-state index in [-0.39, 0.29) is 0 Å². The van der Waals surface area contributed by atoms with Crippen molar-refractivity contribution in [1.29, 1.82) is 0 Å². The van der Waals surface area contributed by atoms with E-state index >= 15 is 0 Å². The van der Waals surface area contributed by atoms with Crippen molar-refractivity contribution in [2.45, 2.75) is 0 Å². The molecule has 0 aliphatic rings. The molecule has 0 spiro atoms. The second kappa shape index (κ2) is 12.9. The lowest BCUT2D eigenvalue weighted by molar-refractivity contribution is 1.31. The summed E-state index contributed by atoms with van der Waals surface area (Å²) in [6.45, 7) is 0. The van der Waals surface area contributed by atoms with E-state index in [0.717, 1.165) is 11.4 Å². The van der Waals surface area contributed by atoms with Crippen LogP contribution in [0.25, 0.3) is 94.9 Å². The van der Waals surface area contributed by atoms with Crippen molar-refractivity contribution in [2.75, 3.05) is 4.90 Å². The van der Waals surface area contributed by atoms with Crippen molar-refractivity contribution >= 4 is 112 Å². The molecule has 57 heavy (non-hydrogen) atoms. The smallest absolute Gasteiger partial charge is 0.0625 e. The zero-order chi connectivity index (χ0) is 37.5. The van der Waals surface area contributed by atoms with Gasteiger partial charge in [-0.2, -0.15) is 0 Å². The van der Waals surface area contributed by atoms with Gasteiger partial charge in [-0.15, -0.1) is 22.7 Å². The molecule has 0 saturated heterocycles. The lowest BCUT2D eigenvalue weighted by Gasteiger charge is -2.32. The molecule has 0 amide bonds. The monoisotopic (exact) mass is 759 g/mol. The fourth-order valence-electron chi connectivity index (χ4n) is 9.09. The maximum atomic E-state index is 2.58. The molecular weight excluding hydrogens is 727 g/mol. The summed E-state index contributed by atoms with van der Waals surface area (Å²) < 4.78 is 5.22. The maximum Gasteiger partial charge on any atom is 0.0625 e. The molecule has 0 saturated carbocycles. The van der Waals surface area contributed by atoms with E-state index in [1.165, 1.54) is 101 Å². The van der Waals surface area contributed by atoms with Gasteiger partial charge in [-0.05, 0) is 75.0 Å². The molecule has 0 N–H and O–H groups in total. The Hall–Kier alpha value is -6.78. The largest absolute Gasteiger partial charge is 0.309 e. The van der Waals surface area contributed by atoms with Crippen LogP contribution in [0.2, 0.25) is 0 Å². The SMILES string of the molecule is c1ccc(N(c2ccc3sc4ccccc4c3c2)c2c(-c3ccc4ccccc4c3)c3ccccc3c3ccccc23)c(-c2cccc3c2sc2ccccc23)c1. The highest BCUT2D eigenvalue weighted by molar-refractivity contribution is 7.26. The van der Waals surface area contributed by atoms with Crippen LogP contribution in [-0.2, 0) is 0 Å². The van der Waals surface area contributed by atoms with Gasteiger partial charge in [-0.25, -0.2) is 0 Å². The normalized spacial score (nSPS) is 11.9. The number of para-hydroxylation sites is 1. The second-order valence-electron chi connectivity index (χ2n) is 14.8. The molecule has 0 unspecified atom stereocenters. The zero-order valence-corrected chi connectivity index (χ0v) is 32.4. The van der Waals surface area contributed by atoms with Crippen molar-refractivity contribution in [3.8, 4) is 22.3 Å². The van der Waals surface area contributed by atoms with E-state index < -0.39 is 0 Å². The van der Waals surface area contributed by atoms with Gasteiger partial charge in [0.25, 0.3) is 0 Å². The fourth-order valence-corrected chi connectivity index (χ4v) is 11.4. The minimum absolute atomic E-state index is 1.13. The second-order valence-corrected chi connectivity index (χ2v) is 16.9. The van der Waals surface area contributed by atoms with Gasteiger partial charge < -0.3 is 4.90 Å². The van der Waals surface area contributed by atoms with Crippen LogP contribution in [0.4, 0.5) is 17.1 Å². The van der Waals surface area contributed by atoms with Gasteiger partial charge in [0, 0.05) is 68.1 Å². The number of rotatable bonds is 5. The van der Waals surface area contributed by atoms with Crippen molar-refractivity contribution in [3.63, 3.8) is 0 Å². The summed E-state index contributed by atoms with van der Waals surface area (Å²) >= 11 is 3.75. The fraction of sp³-hybridized carbons (Fsp3) is 0. The van der Waals surface area contributed by atoms with E-state index in [0.29, 0.717) is 0 Å². The number of fused-ring (bicyclic) bond motifs is 10. The first-order valence-electron chi connectivity index (χ1n) is 19.4. The summed E-state index contributed by atoms with van der Waals surface area (Å²) in [6.07, 6.45) is 0. The van der Waals surface area contributed by atoms with Crippen molar-refractivity contribution in [2.24, 2.45) is 0 Å². The van der Waals surface area contributed by atoms with Crippen LogP contribution in [0.3, 0.4) is 0 Å². The van der Waals surface area contributed by atoms with E-state index in [1.807, 2.05) is 22.7 Å². The number of hydrogen-bond donors (Lipinski definition) is 0. The number of hydrogen-bond acceptors (Lipinski definition) is 3. The van der Waals surface area contributed by atoms with Gasteiger partial charge in [0.05, 0.1) is 11.4 Å². The quantitative estimate of drug-likeness (QED) is 0.158. The number of anilines is 3. The van der Waals surface area contributed by atoms with Crippen molar-refractivity contribution in [3.05, 3.63) is 200 Å². The zero-order valence-electron chi connectivity index (χ0n) is 30.8. The number of benzene rings is 10. The van der Waals surface area contributed by atoms with E-state index in [9.17, 15) is 0 Å². The highest BCUT2D eigenvalue weighted by atomic mass is 32.1. The summed E-state index contributed by atoms with van der Waals surface area (Å²) in [4.78, 5) is 2.58. The molecule has 1 nitrogen and oxygen atoms in total. The summed E-state index contributed by atoms with van der Waals surface area (Å²) in [7, 11) is 0. The molecule has 0 fully saturated rings. The highest BCUT2D eigenvalue weighted by Gasteiger charge is 2.26. The van der Waals surface area contributed by atoms with Gasteiger partial charge in [-0.3, -0.25) is 0 Å². The topological polar surface area (TPSA) is 3.24 Å². The van der Waals surface area contributed by atoms with E-state index in [4.69, 9.17) is 0 Å². The number of thiophene rings is 2. The third-order valence-electron chi connectivity index (χ3n) is 11.6. The predicted octanol–water partition coefficient (Wildman–Crippen LogP) is 16.7. The van der Waals surface area contributed by atoms with Crippen LogP contribution in [0.5, 0.6) is 0 Å². The maximum absolute atomic E-state index is 2.58. The van der Waals surface area contributed by atoms with Crippen LogP contribution >= 0.6 is 22.7 Å². The molecule has 12 rings (SSSR count). The molecule has 0 aliphatic heterocycles. The third-order valence-corrected chi connectivity index (χ3v) is 14.0. The van der Waals surface area contributed by atoms with Crippen LogP contribution in [-0.4, -0.2) is 0 Å². The summed E-state index contributed by atoms with van der Waals surface area (Å²) in [6, 6.07) is 74.2. The molecule has 266 valence electrons. The van der Waals surface area contributed by atoms with Gasteiger partial charge in [0.15, 0.2) is 0 Å². The van der Waals surface area contributed by atoms with Crippen LogP contribution in [0.1, 0.15) is 0 Å². The lowest BCUT2D eigenvalue weighted by Crippen LogP contribution is -2.13. The first-order valence-corrected chi connectivity index (χ1v) is 21.1. The summed E-state index contributed by atoms with van der Waals surface area (Å²) in [5, 5.41) is 12.6. The molecule has 12 aromatic rings. The first kappa shape index (κ1) is 32.5. The standard InChI is InChI=1S/C54H33NS2/c1-2-15-35-32-36(29-28-34(35)14-1)52-43-21-5-3-16-38(43)39-17-4-6-22-44(39)53(52)55(37-30-31-51-47(33-37)42-20-9-11-26-49(42)56-51)48-25-10-7-18-40(48)45-23-13-24-46-41-19-8-12-27-50(41)57-54(45)46/h1-33H. The Morgan fingerprint density at radius 3 is 1.74 bits per heavy atom. The highest BCUT2D eigenvalue weighted by Crippen LogP contribution is 2.53. The Morgan fingerprint density at radius 2 is 0.912 bits per heavy atom. The lowest BCUT2D eigenvalue weighted by atomic mass is 9.88. The Morgan fingerprint density at radius 1 is 0.333 bits per heavy atom. The van der Waals surface area contributed by atoms with Crippen molar-refractivity contribution in [1.82, 2.24) is 0 Å².